The van der Waals surface area contributed by atoms with Crippen molar-refractivity contribution in [1.29, 1.82) is 0 Å². The van der Waals surface area contributed by atoms with Crippen molar-refractivity contribution in [2.45, 2.75) is 5.33 Å². The SMILES string of the molecule is Clc1cncc(Br)c1CBr. The van der Waals surface area contributed by atoms with Crippen LogP contribution >= 0.6 is 43.5 Å². The first-order chi connectivity index (χ1) is 4.75. The van der Waals surface area contributed by atoms with E-state index in [0.29, 0.717) is 5.02 Å². The Morgan fingerprint density at radius 2 is 2.20 bits per heavy atom. The number of rotatable bonds is 1. The third-order valence-corrected chi connectivity index (χ3v) is 2.66. The minimum absolute atomic E-state index is 0.686. The van der Waals surface area contributed by atoms with E-state index in [1.807, 2.05) is 0 Å². The third kappa shape index (κ3) is 1.71. The molecule has 0 aromatic carbocycles. The van der Waals surface area contributed by atoms with E-state index in [2.05, 4.69) is 36.8 Å². The molecule has 0 saturated heterocycles. The Bertz CT molecular complexity index is 219. The Morgan fingerprint density at radius 3 is 2.60 bits per heavy atom. The number of pyridine rings is 1. The maximum atomic E-state index is 5.81. The van der Waals surface area contributed by atoms with Crippen LogP contribution in [0.25, 0.3) is 0 Å². The quantitative estimate of drug-likeness (QED) is 0.721. The van der Waals surface area contributed by atoms with Crippen molar-refractivity contribution < 1.29 is 0 Å². The topological polar surface area (TPSA) is 12.9 Å². The highest BCUT2D eigenvalue weighted by Crippen LogP contribution is 2.24. The van der Waals surface area contributed by atoms with Crippen LogP contribution in [0.4, 0.5) is 0 Å². The minimum atomic E-state index is 0.686. The molecule has 0 fully saturated rings. The van der Waals surface area contributed by atoms with Crippen LogP contribution < -0.4 is 0 Å². The first kappa shape index (κ1) is 8.50. The Kier molecular flexibility index (Phi) is 3.14. The minimum Gasteiger partial charge on any atom is -0.262 e. The van der Waals surface area contributed by atoms with E-state index in [0.717, 1.165) is 15.4 Å². The van der Waals surface area contributed by atoms with E-state index < -0.39 is 0 Å². The number of aromatic nitrogens is 1. The molecule has 0 aliphatic rings. The van der Waals surface area contributed by atoms with Gasteiger partial charge in [0.1, 0.15) is 0 Å². The highest BCUT2D eigenvalue weighted by molar-refractivity contribution is 9.10. The van der Waals surface area contributed by atoms with Crippen LogP contribution in [-0.4, -0.2) is 4.98 Å². The molecule has 1 nitrogen and oxygen atoms in total. The van der Waals surface area contributed by atoms with Crippen LogP contribution in [0.3, 0.4) is 0 Å². The van der Waals surface area contributed by atoms with Crippen molar-refractivity contribution in [3.8, 4) is 0 Å². The molecule has 0 amide bonds. The van der Waals surface area contributed by atoms with Gasteiger partial charge in [0.05, 0.1) is 5.02 Å². The molecule has 10 heavy (non-hydrogen) atoms. The highest BCUT2D eigenvalue weighted by Gasteiger charge is 2.01. The van der Waals surface area contributed by atoms with Crippen molar-refractivity contribution >= 4 is 43.5 Å². The van der Waals surface area contributed by atoms with Crippen LogP contribution in [0.2, 0.25) is 5.02 Å². The van der Waals surface area contributed by atoms with Crippen molar-refractivity contribution in [3.05, 3.63) is 27.5 Å². The summed E-state index contributed by atoms with van der Waals surface area (Å²) in [5, 5.41) is 1.43. The van der Waals surface area contributed by atoms with Crippen molar-refractivity contribution in [1.82, 2.24) is 4.98 Å². The van der Waals surface area contributed by atoms with Gasteiger partial charge in [0.25, 0.3) is 0 Å². The standard InChI is InChI=1S/C6H4Br2ClN/c7-1-4-5(8)2-10-3-6(4)9/h2-3H,1H2. The summed E-state index contributed by atoms with van der Waals surface area (Å²) >= 11 is 12.5. The molecule has 4 heteroatoms. The van der Waals surface area contributed by atoms with E-state index >= 15 is 0 Å². The van der Waals surface area contributed by atoms with Crippen LogP contribution in [-0.2, 0) is 5.33 Å². The lowest BCUT2D eigenvalue weighted by molar-refractivity contribution is 1.25. The van der Waals surface area contributed by atoms with Gasteiger partial charge in [0.2, 0.25) is 0 Å². The number of nitrogens with zero attached hydrogens (tertiary/aromatic N) is 1. The first-order valence-electron chi connectivity index (χ1n) is 2.59. The van der Waals surface area contributed by atoms with Gasteiger partial charge in [-0.1, -0.05) is 27.5 Å². The fourth-order valence-electron chi connectivity index (χ4n) is 0.566. The second-order valence-corrected chi connectivity index (χ2v) is 3.54. The summed E-state index contributed by atoms with van der Waals surface area (Å²) in [6, 6.07) is 0. The van der Waals surface area contributed by atoms with Gasteiger partial charge in [0, 0.05) is 22.2 Å². The zero-order chi connectivity index (χ0) is 7.56. The Hall–Kier alpha value is 0.400. The molecular weight excluding hydrogens is 281 g/mol. The van der Waals surface area contributed by atoms with Crippen molar-refractivity contribution in [2.24, 2.45) is 0 Å². The summed E-state index contributed by atoms with van der Waals surface area (Å²) in [5.74, 6) is 0. The lowest BCUT2D eigenvalue weighted by atomic mass is 10.3. The predicted octanol–water partition coefficient (Wildman–Crippen LogP) is 3.39. The summed E-state index contributed by atoms with van der Waals surface area (Å²) in [4.78, 5) is 3.89. The molecule has 0 saturated carbocycles. The maximum Gasteiger partial charge on any atom is 0.0641 e. The van der Waals surface area contributed by atoms with Gasteiger partial charge in [-0.25, -0.2) is 0 Å². The summed E-state index contributed by atoms with van der Waals surface area (Å²) in [6.07, 6.45) is 3.35. The van der Waals surface area contributed by atoms with Crippen LogP contribution in [0.15, 0.2) is 16.9 Å². The second-order valence-electron chi connectivity index (χ2n) is 1.72. The summed E-state index contributed by atoms with van der Waals surface area (Å²) in [7, 11) is 0. The van der Waals surface area contributed by atoms with E-state index in [-0.39, 0.29) is 0 Å². The molecule has 0 radical (unpaired) electrons. The molecular formula is C6H4Br2ClN. The Labute approximate surface area is 81.1 Å². The Balaban J connectivity index is 3.17. The molecule has 0 bridgehead atoms. The van der Waals surface area contributed by atoms with Gasteiger partial charge in [-0.2, -0.15) is 0 Å². The molecule has 1 aromatic rings. The van der Waals surface area contributed by atoms with E-state index in [9.17, 15) is 0 Å². The van der Waals surface area contributed by atoms with Gasteiger partial charge in [-0.05, 0) is 21.5 Å². The summed E-state index contributed by atoms with van der Waals surface area (Å²) in [5.41, 5.74) is 1.04. The normalized spacial score (nSPS) is 9.90. The average molecular weight is 285 g/mol. The number of halogens is 3. The summed E-state index contributed by atoms with van der Waals surface area (Å²) in [6.45, 7) is 0. The fourth-order valence-corrected chi connectivity index (χ4v) is 2.52. The molecule has 0 aliphatic carbocycles. The average Bonchev–Trinajstić information content (AvgIpc) is 1.88. The number of alkyl halides is 1. The van der Waals surface area contributed by atoms with Gasteiger partial charge in [0.15, 0.2) is 0 Å². The lowest BCUT2D eigenvalue weighted by Gasteiger charge is -1.99. The second kappa shape index (κ2) is 3.69. The maximum absolute atomic E-state index is 5.81. The first-order valence-corrected chi connectivity index (χ1v) is 4.88. The number of hydrogen-bond acceptors (Lipinski definition) is 1. The monoisotopic (exact) mass is 283 g/mol. The Morgan fingerprint density at radius 1 is 1.50 bits per heavy atom. The van der Waals surface area contributed by atoms with Gasteiger partial charge < -0.3 is 0 Å². The van der Waals surface area contributed by atoms with Gasteiger partial charge in [-0.15, -0.1) is 0 Å². The molecule has 0 N–H and O–H groups in total. The largest absolute Gasteiger partial charge is 0.262 e. The zero-order valence-electron chi connectivity index (χ0n) is 4.94. The molecule has 0 spiro atoms. The molecule has 0 atom stereocenters. The molecule has 0 aliphatic heterocycles. The summed E-state index contributed by atoms with van der Waals surface area (Å²) < 4.78 is 0.942. The predicted molar refractivity (Wildman–Crippen MR) is 49.6 cm³/mol. The van der Waals surface area contributed by atoms with Crippen LogP contribution in [0, 0.1) is 0 Å². The molecule has 54 valence electrons. The number of hydrogen-bond donors (Lipinski definition) is 0. The van der Waals surface area contributed by atoms with E-state index in [1.165, 1.54) is 0 Å². The molecule has 1 rings (SSSR count). The molecule has 1 aromatic heterocycles. The van der Waals surface area contributed by atoms with Crippen LogP contribution in [0.5, 0.6) is 0 Å². The van der Waals surface area contributed by atoms with Gasteiger partial charge >= 0.3 is 0 Å². The molecule has 0 unspecified atom stereocenters. The van der Waals surface area contributed by atoms with Gasteiger partial charge in [-0.3, -0.25) is 4.98 Å². The van der Waals surface area contributed by atoms with E-state index in [4.69, 9.17) is 11.6 Å². The third-order valence-electron chi connectivity index (χ3n) is 1.09. The van der Waals surface area contributed by atoms with Crippen molar-refractivity contribution in [3.63, 3.8) is 0 Å². The zero-order valence-corrected chi connectivity index (χ0v) is 8.87. The van der Waals surface area contributed by atoms with Crippen molar-refractivity contribution in [2.75, 3.05) is 0 Å². The fraction of sp³-hybridized carbons (Fsp3) is 0.167. The molecule has 1 heterocycles. The highest BCUT2D eigenvalue weighted by atomic mass is 79.9. The lowest BCUT2D eigenvalue weighted by Crippen LogP contribution is -1.83. The smallest absolute Gasteiger partial charge is 0.0641 e. The van der Waals surface area contributed by atoms with Crippen LogP contribution in [0.1, 0.15) is 5.56 Å². The van der Waals surface area contributed by atoms with E-state index in [1.54, 1.807) is 12.4 Å².